The van der Waals surface area contributed by atoms with Gasteiger partial charge in [-0.1, -0.05) is 46.9 Å². The van der Waals surface area contributed by atoms with Crippen LogP contribution in [0.3, 0.4) is 0 Å². The zero-order valence-corrected chi connectivity index (χ0v) is 19.1. The van der Waals surface area contributed by atoms with Crippen LogP contribution >= 0.6 is 46.6 Å². The monoisotopic (exact) mass is 506 g/mol. The first-order valence-corrected chi connectivity index (χ1v) is 11.1. The molecular weight excluding hydrogens is 491 g/mol. The molecule has 2 unspecified atom stereocenters. The van der Waals surface area contributed by atoms with Crippen molar-refractivity contribution in [2.24, 2.45) is 5.41 Å². The Labute approximate surface area is 196 Å². The van der Waals surface area contributed by atoms with Crippen molar-refractivity contribution >= 4 is 75.9 Å². The summed E-state index contributed by atoms with van der Waals surface area (Å²) in [5.74, 6) is -2.75. The maximum absolute atomic E-state index is 12.8. The minimum Gasteiger partial charge on any atom is -0.481 e. The topological polar surface area (TPSA) is 113 Å². The summed E-state index contributed by atoms with van der Waals surface area (Å²) in [4.78, 5) is 49.7. The standard InChI is InChI=1S/C19H17Cl3N2O6S/c1-9(25)30-7-19(18(28)29)6-24-16(27)13(17(24)31-8-19)23-15(26)12(14(21)22)10-2-4-11(20)5-3-10/h2-5,13,17H,6-8H2,1H3,(H,23,26)(H,28,29)/t13?,17-,19?/m1/s1. The SMILES string of the molecule is CC(=O)OCC1(C(=O)O)CS[C@@H]2C(NC(=O)C(=C(Cl)Cl)c3ccc(Cl)cc3)C(=O)N2C1. The molecule has 0 radical (unpaired) electrons. The Kier molecular flexibility index (Phi) is 7.10. The van der Waals surface area contributed by atoms with E-state index in [0.29, 0.717) is 10.6 Å². The van der Waals surface area contributed by atoms with E-state index in [0.717, 1.165) is 0 Å². The highest BCUT2D eigenvalue weighted by Crippen LogP contribution is 2.42. The Morgan fingerprint density at radius 1 is 1.29 bits per heavy atom. The van der Waals surface area contributed by atoms with E-state index in [4.69, 9.17) is 39.5 Å². The predicted molar refractivity (Wildman–Crippen MR) is 117 cm³/mol. The Morgan fingerprint density at radius 2 is 1.94 bits per heavy atom. The summed E-state index contributed by atoms with van der Waals surface area (Å²) >= 11 is 18.9. The molecule has 1 aromatic carbocycles. The van der Waals surface area contributed by atoms with Gasteiger partial charge in [0.1, 0.15) is 27.9 Å². The van der Waals surface area contributed by atoms with Crippen LogP contribution in [0.1, 0.15) is 12.5 Å². The van der Waals surface area contributed by atoms with Crippen molar-refractivity contribution in [2.45, 2.75) is 18.3 Å². The molecule has 0 saturated carbocycles. The highest BCUT2D eigenvalue weighted by molar-refractivity contribution is 8.00. The number of nitrogens with one attached hydrogen (secondary N) is 1. The molecule has 0 aliphatic carbocycles. The average molecular weight is 508 g/mol. The number of halogens is 3. The van der Waals surface area contributed by atoms with E-state index >= 15 is 0 Å². The molecular formula is C19H17Cl3N2O6S. The van der Waals surface area contributed by atoms with Gasteiger partial charge in [0, 0.05) is 24.2 Å². The number of hydrogen-bond donors (Lipinski definition) is 2. The van der Waals surface area contributed by atoms with Crippen molar-refractivity contribution in [2.75, 3.05) is 18.9 Å². The van der Waals surface area contributed by atoms with Crippen molar-refractivity contribution in [3.05, 3.63) is 39.3 Å². The molecule has 166 valence electrons. The second-order valence-electron chi connectivity index (χ2n) is 7.13. The first-order chi connectivity index (χ1) is 14.6. The number of nitrogens with zero attached hydrogens (tertiary/aromatic N) is 1. The molecule has 8 nitrogen and oxygen atoms in total. The first-order valence-electron chi connectivity index (χ1n) is 8.96. The van der Waals surface area contributed by atoms with E-state index in [1.54, 1.807) is 24.3 Å². The summed E-state index contributed by atoms with van der Waals surface area (Å²) in [5.41, 5.74) is -0.999. The Balaban J connectivity index is 1.72. The average Bonchev–Trinajstić information content (AvgIpc) is 2.71. The van der Waals surface area contributed by atoms with Gasteiger partial charge in [-0.2, -0.15) is 0 Å². The number of β-lactam (4-membered cyclic amide) rings is 1. The van der Waals surface area contributed by atoms with Gasteiger partial charge in [-0.05, 0) is 17.7 Å². The van der Waals surface area contributed by atoms with E-state index in [2.05, 4.69) is 5.32 Å². The molecule has 1 aromatic rings. The van der Waals surface area contributed by atoms with E-state index in [1.165, 1.54) is 23.6 Å². The molecule has 3 atom stereocenters. The Bertz CT molecular complexity index is 966. The number of esters is 1. The lowest BCUT2D eigenvalue weighted by molar-refractivity contribution is -0.164. The summed E-state index contributed by atoms with van der Waals surface area (Å²) < 4.78 is 4.64. The van der Waals surface area contributed by atoms with Gasteiger partial charge < -0.3 is 20.1 Å². The minimum atomic E-state index is -1.41. The summed E-state index contributed by atoms with van der Waals surface area (Å²) in [6, 6.07) is 5.42. The Morgan fingerprint density at radius 3 is 2.48 bits per heavy atom. The van der Waals surface area contributed by atoms with Crippen molar-refractivity contribution in [1.29, 1.82) is 0 Å². The van der Waals surface area contributed by atoms with Gasteiger partial charge in [-0.3, -0.25) is 19.2 Å². The summed E-state index contributed by atoms with van der Waals surface area (Å²) in [5, 5.41) is 12.3. The number of thioether (sulfide) groups is 1. The van der Waals surface area contributed by atoms with Crippen LogP contribution in [0.5, 0.6) is 0 Å². The number of benzene rings is 1. The lowest BCUT2D eigenvalue weighted by Gasteiger charge is -2.53. The van der Waals surface area contributed by atoms with Crippen LogP contribution in [0, 0.1) is 5.41 Å². The molecule has 0 aromatic heterocycles. The molecule has 0 spiro atoms. The van der Waals surface area contributed by atoms with E-state index in [-0.39, 0.29) is 29.0 Å². The third kappa shape index (κ3) is 4.79. The van der Waals surface area contributed by atoms with Crippen molar-refractivity contribution in [3.63, 3.8) is 0 Å². The number of carboxylic acids is 1. The molecule has 2 aliphatic heterocycles. The normalized spacial score (nSPS) is 24.5. The lowest BCUT2D eigenvalue weighted by atomic mass is 9.88. The number of ether oxygens (including phenoxy) is 1. The molecule has 2 heterocycles. The lowest BCUT2D eigenvalue weighted by Crippen LogP contribution is -2.74. The van der Waals surface area contributed by atoms with E-state index in [9.17, 15) is 24.3 Å². The van der Waals surface area contributed by atoms with E-state index in [1.807, 2.05) is 0 Å². The predicted octanol–water partition coefficient (Wildman–Crippen LogP) is 2.52. The summed E-state index contributed by atoms with van der Waals surface area (Å²) in [7, 11) is 0. The van der Waals surface area contributed by atoms with Crippen molar-refractivity contribution in [3.8, 4) is 0 Å². The molecule has 2 amide bonds. The quantitative estimate of drug-likeness (QED) is 0.345. The Hall–Kier alpha value is -1.94. The van der Waals surface area contributed by atoms with Gasteiger partial charge in [-0.15, -0.1) is 11.8 Å². The number of carbonyl (C=O) groups is 4. The van der Waals surface area contributed by atoms with Crippen LogP contribution in [0.15, 0.2) is 28.8 Å². The summed E-state index contributed by atoms with van der Waals surface area (Å²) in [6.45, 7) is 0.709. The number of aliphatic carboxylic acids is 1. The first kappa shape index (κ1) is 23.7. The molecule has 2 saturated heterocycles. The summed E-state index contributed by atoms with van der Waals surface area (Å²) in [6.07, 6.45) is 0. The third-order valence-electron chi connectivity index (χ3n) is 4.99. The molecule has 31 heavy (non-hydrogen) atoms. The van der Waals surface area contributed by atoms with Crippen LogP contribution < -0.4 is 5.32 Å². The van der Waals surface area contributed by atoms with Gasteiger partial charge in [0.05, 0.1) is 5.57 Å². The third-order valence-corrected chi connectivity index (χ3v) is 7.20. The number of carboxylic acid groups (broad SMARTS) is 1. The minimum absolute atomic E-state index is 0.0122. The molecule has 2 fully saturated rings. The molecule has 3 rings (SSSR count). The van der Waals surface area contributed by atoms with Gasteiger partial charge in [0.2, 0.25) is 5.91 Å². The van der Waals surface area contributed by atoms with Gasteiger partial charge in [0.25, 0.3) is 5.91 Å². The fourth-order valence-corrected chi connectivity index (χ4v) is 5.34. The largest absolute Gasteiger partial charge is 0.481 e. The number of hydrogen-bond acceptors (Lipinski definition) is 6. The van der Waals surface area contributed by atoms with Crippen LogP contribution in [-0.2, 0) is 23.9 Å². The number of amides is 2. The van der Waals surface area contributed by atoms with E-state index < -0.39 is 40.6 Å². The van der Waals surface area contributed by atoms with Crippen LogP contribution in [0.25, 0.3) is 5.57 Å². The van der Waals surface area contributed by atoms with Crippen molar-refractivity contribution < 1.29 is 29.0 Å². The second-order valence-corrected chi connectivity index (χ2v) is 9.62. The maximum Gasteiger partial charge on any atom is 0.315 e. The molecule has 0 bridgehead atoms. The number of carbonyl (C=O) groups excluding carboxylic acids is 3. The molecule has 12 heteroatoms. The van der Waals surface area contributed by atoms with Crippen LogP contribution in [0.4, 0.5) is 0 Å². The number of rotatable bonds is 6. The fraction of sp³-hybridized carbons (Fsp3) is 0.368. The molecule has 2 N–H and O–H groups in total. The maximum atomic E-state index is 12.8. The van der Waals surface area contributed by atoms with Gasteiger partial charge >= 0.3 is 11.9 Å². The van der Waals surface area contributed by atoms with Gasteiger partial charge in [-0.25, -0.2) is 0 Å². The fourth-order valence-electron chi connectivity index (χ4n) is 3.30. The molecule has 2 aliphatic rings. The smallest absolute Gasteiger partial charge is 0.315 e. The highest BCUT2D eigenvalue weighted by Gasteiger charge is 2.58. The highest BCUT2D eigenvalue weighted by atomic mass is 35.5. The number of fused-ring (bicyclic) bond motifs is 1. The van der Waals surface area contributed by atoms with Crippen LogP contribution in [-0.4, -0.2) is 64.1 Å². The zero-order valence-electron chi connectivity index (χ0n) is 16.1. The van der Waals surface area contributed by atoms with Gasteiger partial charge in [0.15, 0.2) is 0 Å². The van der Waals surface area contributed by atoms with Crippen LogP contribution in [0.2, 0.25) is 5.02 Å². The van der Waals surface area contributed by atoms with Crippen molar-refractivity contribution in [1.82, 2.24) is 10.2 Å². The zero-order chi connectivity index (χ0) is 22.9. The second kappa shape index (κ2) is 9.28.